The van der Waals surface area contributed by atoms with Crippen molar-refractivity contribution >= 4 is 49.6 Å². The van der Waals surface area contributed by atoms with Crippen LogP contribution in [-0.2, 0) is 0 Å². The molecule has 0 spiro atoms. The third-order valence-corrected chi connectivity index (χ3v) is 5.66. The van der Waals surface area contributed by atoms with E-state index in [9.17, 15) is 0 Å². The highest BCUT2D eigenvalue weighted by atomic mass is 79.9. The molecule has 0 aliphatic heterocycles. The highest BCUT2D eigenvalue weighted by Crippen LogP contribution is 2.36. The number of benzene rings is 2. The maximum absolute atomic E-state index is 6.32. The second-order valence-electron chi connectivity index (χ2n) is 4.35. The first kappa shape index (κ1) is 13.1. The molecule has 0 saturated heterocycles. The Labute approximate surface area is 129 Å². The first-order valence-corrected chi connectivity index (χ1v) is 7.83. The lowest BCUT2D eigenvalue weighted by molar-refractivity contribution is 0.895. The summed E-state index contributed by atoms with van der Waals surface area (Å²) in [5, 5.41) is 2.43. The molecule has 0 fully saturated rings. The van der Waals surface area contributed by atoms with E-state index in [2.05, 4.69) is 46.3 Å². The molecule has 4 heteroatoms. The quantitative estimate of drug-likeness (QED) is 0.659. The van der Waals surface area contributed by atoms with Gasteiger partial charge in [0, 0.05) is 9.35 Å². The topological polar surface area (TPSA) is 26.0 Å². The first-order valence-electron chi connectivity index (χ1n) is 5.84. The molecule has 0 aliphatic carbocycles. The third kappa shape index (κ3) is 2.56. The highest BCUT2D eigenvalue weighted by Gasteiger charge is 2.14. The molecule has 1 unspecified atom stereocenters. The summed E-state index contributed by atoms with van der Waals surface area (Å²) in [6.07, 6.45) is 0. The van der Waals surface area contributed by atoms with Crippen LogP contribution in [-0.4, -0.2) is 0 Å². The van der Waals surface area contributed by atoms with Crippen LogP contribution in [0.3, 0.4) is 0 Å². The number of hydrogen-bond donors (Lipinski definition) is 1. The predicted octanol–water partition coefficient (Wildman–Crippen LogP) is 5.37. The van der Waals surface area contributed by atoms with Gasteiger partial charge in [-0.3, -0.25) is 0 Å². The summed E-state index contributed by atoms with van der Waals surface area (Å²) in [4.78, 5) is 1.06. The van der Waals surface area contributed by atoms with Crippen LogP contribution in [0.25, 0.3) is 10.8 Å². The van der Waals surface area contributed by atoms with Crippen molar-refractivity contribution in [1.82, 2.24) is 0 Å². The number of hydrogen-bond acceptors (Lipinski definition) is 2. The molecule has 3 rings (SSSR count). The van der Waals surface area contributed by atoms with E-state index >= 15 is 0 Å². The summed E-state index contributed by atoms with van der Waals surface area (Å²) >= 11 is 11.0. The lowest BCUT2D eigenvalue weighted by Gasteiger charge is -2.11. The largest absolute Gasteiger partial charge is 0.320 e. The second-order valence-corrected chi connectivity index (χ2v) is 6.89. The monoisotopic (exact) mass is 351 g/mol. The molecule has 19 heavy (non-hydrogen) atoms. The average molecular weight is 353 g/mol. The molecule has 0 saturated carbocycles. The standard InChI is InChI=1S/C15H11BrClNS/c16-12-8-13(19-15(12)17)14(18)11-6-5-9-3-1-2-4-10(9)7-11/h1-8,14H,18H2. The van der Waals surface area contributed by atoms with Gasteiger partial charge in [-0.25, -0.2) is 0 Å². The lowest BCUT2D eigenvalue weighted by Crippen LogP contribution is -2.09. The third-order valence-electron chi connectivity index (χ3n) is 3.10. The van der Waals surface area contributed by atoms with Gasteiger partial charge in [0.1, 0.15) is 4.34 Å². The van der Waals surface area contributed by atoms with Gasteiger partial charge in [-0.15, -0.1) is 11.3 Å². The Morgan fingerprint density at radius 3 is 2.47 bits per heavy atom. The SMILES string of the molecule is NC(c1ccc2ccccc2c1)c1cc(Br)c(Cl)s1. The molecule has 0 amide bonds. The van der Waals surface area contributed by atoms with E-state index in [1.54, 1.807) is 0 Å². The van der Waals surface area contributed by atoms with Crippen molar-refractivity contribution in [3.05, 3.63) is 67.8 Å². The first-order chi connectivity index (χ1) is 9.15. The Bertz CT molecular complexity index is 718. The molecule has 1 heterocycles. The van der Waals surface area contributed by atoms with Gasteiger partial charge in [-0.1, -0.05) is 48.0 Å². The van der Waals surface area contributed by atoms with Crippen LogP contribution in [0.1, 0.15) is 16.5 Å². The zero-order valence-corrected chi connectivity index (χ0v) is 13.1. The smallest absolute Gasteiger partial charge is 0.107 e. The Kier molecular flexibility index (Phi) is 3.63. The molecule has 0 bridgehead atoms. The normalized spacial score (nSPS) is 12.8. The Morgan fingerprint density at radius 2 is 1.79 bits per heavy atom. The highest BCUT2D eigenvalue weighted by molar-refractivity contribution is 9.10. The fraction of sp³-hybridized carbons (Fsp3) is 0.0667. The average Bonchev–Trinajstić information content (AvgIpc) is 2.77. The molecular weight excluding hydrogens is 342 g/mol. The summed E-state index contributed by atoms with van der Waals surface area (Å²) in [6.45, 7) is 0. The van der Waals surface area contributed by atoms with Crippen molar-refractivity contribution in [2.75, 3.05) is 0 Å². The van der Waals surface area contributed by atoms with Crippen LogP contribution >= 0.6 is 38.9 Å². The zero-order valence-electron chi connectivity index (χ0n) is 9.94. The number of rotatable bonds is 2. The van der Waals surface area contributed by atoms with Crippen LogP contribution in [0.5, 0.6) is 0 Å². The van der Waals surface area contributed by atoms with Gasteiger partial charge in [0.2, 0.25) is 0 Å². The summed E-state index contributed by atoms with van der Waals surface area (Å²) < 4.78 is 1.65. The Balaban J connectivity index is 2.03. The molecule has 0 aliphatic rings. The van der Waals surface area contributed by atoms with Crippen molar-refractivity contribution in [1.29, 1.82) is 0 Å². The van der Waals surface area contributed by atoms with Crippen LogP contribution < -0.4 is 5.73 Å². The number of halogens is 2. The van der Waals surface area contributed by atoms with Gasteiger partial charge in [0.15, 0.2) is 0 Å². The van der Waals surface area contributed by atoms with Gasteiger partial charge >= 0.3 is 0 Å². The van der Waals surface area contributed by atoms with Crippen molar-refractivity contribution < 1.29 is 0 Å². The van der Waals surface area contributed by atoms with Gasteiger partial charge in [-0.2, -0.15) is 0 Å². The van der Waals surface area contributed by atoms with Crippen molar-refractivity contribution in [3.8, 4) is 0 Å². The fourth-order valence-electron chi connectivity index (χ4n) is 2.08. The molecule has 0 radical (unpaired) electrons. The van der Waals surface area contributed by atoms with Crippen molar-refractivity contribution in [3.63, 3.8) is 0 Å². The molecule has 2 aromatic carbocycles. The number of nitrogens with two attached hydrogens (primary N) is 1. The van der Waals surface area contributed by atoms with Crippen molar-refractivity contribution in [2.45, 2.75) is 6.04 Å². The minimum absolute atomic E-state index is 0.140. The predicted molar refractivity (Wildman–Crippen MR) is 87.0 cm³/mol. The van der Waals surface area contributed by atoms with Gasteiger partial charge in [-0.05, 0) is 44.4 Å². The maximum atomic E-state index is 6.32. The van der Waals surface area contributed by atoms with E-state index in [0.717, 1.165) is 19.2 Å². The van der Waals surface area contributed by atoms with Crippen molar-refractivity contribution in [2.24, 2.45) is 5.73 Å². The summed E-state index contributed by atoms with van der Waals surface area (Å²) in [5.41, 5.74) is 7.42. The number of fused-ring (bicyclic) bond motifs is 1. The molecule has 2 N–H and O–H groups in total. The molecule has 3 aromatic rings. The Hall–Kier alpha value is -0.870. The van der Waals surface area contributed by atoms with Crippen LogP contribution in [0.2, 0.25) is 4.34 Å². The van der Waals surface area contributed by atoms with Gasteiger partial charge in [0.05, 0.1) is 6.04 Å². The van der Waals surface area contributed by atoms with Crippen LogP contribution in [0.4, 0.5) is 0 Å². The molecule has 1 atom stereocenters. The molecular formula is C15H11BrClNS. The molecule has 1 nitrogen and oxygen atoms in total. The van der Waals surface area contributed by atoms with E-state index in [4.69, 9.17) is 17.3 Å². The van der Waals surface area contributed by atoms with Crippen LogP contribution in [0, 0.1) is 0 Å². The zero-order chi connectivity index (χ0) is 13.4. The van der Waals surface area contributed by atoms with Gasteiger partial charge in [0.25, 0.3) is 0 Å². The number of thiophene rings is 1. The summed E-state index contributed by atoms with van der Waals surface area (Å²) in [5.74, 6) is 0. The molecule has 96 valence electrons. The van der Waals surface area contributed by atoms with E-state index in [0.29, 0.717) is 0 Å². The van der Waals surface area contributed by atoms with E-state index in [1.165, 1.54) is 22.1 Å². The van der Waals surface area contributed by atoms with Crippen LogP contribution in [0.15, 0.2) is 53.0 Å². The second kappa shape index (κ2) is 5.25. The van der Waals surface area contributed by atoms with Gasteiger partial charge < -0.3 is 5.73 Å². The maximum Gasteiger partial charge on any atom is 0.107 e. The summed E-state index contributed by atoms with van der Waals surface area (Å²) in [6, 6.07) is 16.5. The Morgan fingerprint density at radius 1 is 1.05 bits per heavy atom. The fourth-order valence-corrected chi connectivity index (χ4v) is 3.85. The minimum Gasteiger partial charge on any atom is -0.320 e. The minimum atomic E-state index is -0.140. The van der Waals surface area contributed by atoms with E-state index in [-0.39, 0.29) is 6.04 Å². The lowest BCUT2D eigenvalue weighted by atomic mass is 10.0. The summed E-state index contributed by atoms with van der Waals surface area (Å²) in [7, 11) is 0. The van der Waals surface area contributed by atoms with E-state index in [1.807, 2.05) is 18.2 Å². The molecule has 1 aromatic heterocycles. The van der Waals surface area contributed by atoms with E-state index < -0.39 is 0 Å².